The summed E-state index contributed by atoms with van der Waals surface area (Å²) in [5.74, 6) is -1.46. The molecule has 3 aliphatic carbocycles. The number of rotatable bonds is 6. The number of ketones is 1. The van der Waals surface area contributed by atoms with Gasteiger partial charge in [-0.25, -0.2) is 4.79 Å². The van der Waals surface area contributed by atoms with E-state index in [1.54, 1.807) is 6.92 Å². The molecule has 0 amide bonds. The number of esters is 1. The van der Waals surface area contributed by atoms with Crippen LogP contribution in [0.15, 0.2) is 23.3 Å². The number of aliphatic hydroxyl groups is 1. The first-order chi connectivity index (χ1) is 18.1. The van der Waals surface area contributed by atoms with Crippen LogP contribution in [0.25, 0.3) is 0 Å². The zero-order valence-electron chi connectivity index (χ0n) is 24.4. The van der Waals surface area contributed by atoms with Gasteiger partial charge in [0, 0.05) is 28.5 Å². The first-order valence-corrected chi connectivity index (χ1v) is 17.5. The van der Waals surface area contributed by atoms with Crippen molar-refractivity contribution >= 4 is 42.2 Å². The first kappa shape index (κ1) is 30.5. The molecule has 1 N–H and O–H groups in total. The lowest BCUT2D eigenvalue weighted by Gasteiger charge is -2.62. The molecule has 0 aromatic carbocycles. The molecule has 1 aliphatic heterocycles. The van der Waals surface area contributed by atoms with Gasteiger partial charge in [-0.1, -0.05) is 69.6 Å². The van der Waals surface area contributed by atoms with Gasteiger partial charge in [0.2, 0.25) is 0 Å². The molecule has 8 atom stereocenters. The van der Waals surface area contributed by atoms with E-state index in [9.17, 15) is 19.5 Å². The Kier molecular flexibility index (Phi) is 7.89. The fourth-order valence-corrected chi connectivity index (χ4v) is 11.5. The summed E-state index contributed by atoms with van der Waals surface area (Å²) >= 11 is 3.81. The van der Waals surface area contributed by atoms with Crippen molar-refractivity contribution in [3.63, 3.8) is 0 Å². The minimum Gasteiger partial charge on any atom is -0.455 e. The van der Waals surface area contributed by atoms with Crippen LogP contribution in [-0.2, 0) is 28.2 Å². The van der Waals surface area contributed by atoms with Crippen LogP contribution in [0.5, 0.6) is 0 Å². The van der Waals surface area contributed by atoms with E-state index in [0.29, 0.717) is 17.6 Å². The zero-order valence-corrected chi connectivity index (χ0v) is 27.0. The highest BCUT2D eigenvalue weighted by molar-refractivity contribution is 9.09. The SMILES string of the molecule is C=C1[C@@H](Br)C[C@H](O[Si](CC)(CC)CC)[C@@]2(C)[C@@H](O)[C@H](OC(C)=O)C3=C(C)C(=O)C[C@]4(OC(=O)O[C@H]4[C@H]12)C3(C)C. The van der Waals surface area contributed by atoms with Crippen LogP contribution in [0.2, 0.25) is 18.1 Å². The van der Waals surface area contributed by atoms with Gasteiger partial charge in [-0.3, -0.25) is 9.59 Å². The minimum atomic E-state index is -2.20. The number of allylic oxidation sites excluding steroid dienone is 1. The highest BCUT2D eigenvalue weighted by Crippen LogP contribution is 2.65. The molecule has 0 radical (unpaired) electrons. The Labute approximate surface area is 241 Å². The monoisotopic (exact) mass is 626 g/mol. The van der Waals surface area contributed by atoms with Crippen molar-refractivity contribution < 1.29 is 38.1 Å². The first-order valence-electron chi connectivity index (χ1n) is 14.1. The fraction of sp³-hybridized carbons (Fsp3) is 0.759. The molecule has 0 unspecified atom stereocenters. The third-order valence-corrected chi connectivity index (χ3v) is 16.3. The van der Waals surface area contributed by atoms with E-state index in [0.717, 1.165) is 23.7 Å². The Morgan fingerprint density at radius 2 is 1.77 bits per heavy atom. The summed E-state index contributed by atoms with van der Waals surface area (Å²) in [5.41, 5.74) is -1.88. The van der Waals surface area contributed by atoms with Crippen LogP contribution in [0.4, 0.5) is 4.79 Å². The number of carbonyl (C=O) groups excluding carboxylic acids is 3. The van der Waals surface area contributed by atoms with Crippen LogP contribution in [-0.4, -0.2) is 66.2 Å². The molecule has 0 aromatic heterocycles. The Hall–Kier alpha value is -1.49. The third-order valence-electron chi connectivity index (χ3n) is 10.6. The lowest BCUT2D eigenvalue weighted by atomic mass is 9.47. The molecule has 4 aliphatic rings. The highest BCUT2D eigenvalue weighted by atomic mass is 79.9. The topological polar surface area (TPSA) is 108 Å². The quantitative estimate of drug-likeness (QED) is 0.175. The summed E-state index contributed by atoms with van der Waals surface area (Å²) in [4.78, 5) is 38.8. The summed E-state index contributed by atoms with van der Waals surface area (Å²) in [6.45, 7) is 19.5. The Bertz CT molecular complexity index is 1100. The van der Waals surface area contributed by atoms with E-state index in [1.165, 1.54) is 6.92 Å². The Balaban J connectivity index is 2.06. The number of halogens is 1. The van der Waals surface area contributed by atoms with Gasteiger partial charge >= 0.3 is 12.1 Å². The van der Waals surface area contributed by atoms with Crippen molar-refractivity contribution in [3.05, 3.63) is 23.3 Å². The molecule has 3 fully saturated rings. The number of hydrogen-bond donors (Lipinski definition) is 1. The molecule has 2 saturated carbocycles. The van der Waals surface area contributed by atoms with Crippen molar-refractivity contribution in [2.24, 2.45) is 16.7 Å². The highest BCUT2D eigenvalue weighted by Gasteiger charge is 2.74. The standard InChI is InChI=1S/C29H43BrO8Si/c1-10-39(11-2,12-3)38-20-13-18(30)15(4)22-25-29(37-26(34)36-25)14-19(32)16(5)21(27(29,7)8)23(35-17(6)31)24(33)28(20,22)9/h18,20,22-25,33H,4,10-14H2,1-3,5-9H3/t18-,20-,22-,23+,24-,25-,28+,29+/m0/s1. The number of ether oxygens (including phenoxy) is 3. The van der Waals surface area contributed by atoms with Crippen LogP contribution < -0.4 is 0 Å². The molecule has 2 bridgehead atoms. The van der Waals surface area contributed by atoms with Crippen LogP contribution in [0.1, 0.15) is 68.2 Å². The zero-order chi connectivity index (χ0) is 29.3. The number of hydrogen-bond acceptors (Lipinski definition) is 8. The molecular weight excluding hydrogens is 584 g/mol. The third kappa shape index (κ3) is 4.22. The molecule has 1 heterocycles. The molecule has 218 valence electrons. The van der Waals surface area contributed by atoms with E-state index >= 15 is 0 Å². The number of fused-ring (bicyclic) bond motifs is 3. The lowest BCUT2D eigenvalue weighted by Crippen LogP contribution is -2.71. The minimum absolute atomic E-state index is 0.0788. The van der Waals surface area contributed by atoms with Crippen molar-refractivity contribution in [2.45, 2.75) is 121 Å². The van der Waals surface area contributed by atoms with Gasteiger partial charge in [-0.15, -0.1) is 0 Å². The largest absolute Gasteiger partial charge is 0.509 e. The predicted octanol–water partition coefficient (Wildman–Crippen LogP) is 5.62. The molecule has 1 spiro atoms. The number of carbonyl (C=O) groups is 3. The summed E-state index contributed by atoms with van der Waals surface area (Å²) in [5, 5.41) is 12.5. The van der Waals surface area contributed by atoms with Gasteiger partial charge in [0.05, 0.1) is 12.5 Å². The summed E-state index contributed by atoms with van der Waals surface area (Å²) < 4.78 is 25.1. The van der Waals surface area contributed by atoms with E-state index in [1.807, 2.05) is 20.8 Å². The average Bonchev–Trinajstić information content (AvgIpc) is 3.19. The normalized spacial score (nSPS) is 39.7. The van der Waals surface area contributed by atoms with E-state index < -0.39 is 67.2 Å². The van der Waals surface area contributed by atoms with Gasteiger partial charge in [0.1, 0.15) is 6.10 Å². The van der Waals surface area contributed by atoms with E-state index in [-0.39, 0.29) is 17.0 Å². The summed E-state index contributed by atoms with van der Waals surface area (Å²) in [7, 11) is -2.20. The molecule has 0 aromatic rings. The average molecular weight is 628 g/mol. The maximum Gasteiger partial charge on any atom is 0.509 e. The smallest absolute Gasteiger partial charge is 0.455 e. The van der Waals surface area contributed by atoms with Crippen molar-refractivity contribution in [3.8, 4) is 0 Å². The van der Waals surface area contributed by atoms with Gasteiger partial charge in [-0.2, -0.15) is 0 Å². The fourth-order valence-electron chi connectivity index (χ4n) is 7.94. The maximum atomic E-state index is 13.5. The van der Waals surface area contributed by atoms with Gasteiger partial charge in [0.15, 0.2) is 31.9 Å². The predicted molar refractivity (Wildman–Crippen MR) is 152 cm³/mol. The number of Topliss-reactive ketones (excluding diaryl/α,β-unsaturated/α-hetero) is 1. The second-order valence-corrected chi connectivity index (χ2v) is 18.3. The van der Waals surface area contributed by atoms with Gasteiger partial charge < -0.3 is 23.7 Å². The second-order valence-electron chi connectivity index (χ2n) is 12.5. The number of alkyl halides is 1. The van der Waals surface area contributed by atoms with Crippen LogP contribution in [0.3, 0.4) is 0 Å². The number of aliphatic hydroxyl groups excluding tert-OH is 1. The summed E-state index contributed by atoms with van der Waals surface area (Å²) in [6, 6.07) is 2.73. The van der Waals surface area contributed by atoms with Crippen LogP contribution >= 0.6 is 15.9 Å². The molecule has 4 rings (SSSR count). The molecule has 1 saturated heterocycles. The Morgan fingerprint density at radius 1 is 1.18 bits per heavy atom. The van der Waals surface area contributed by atoms with Crippen molar-refractivity contribution in [1.82, 2.24) is 0 Å². The van der Waals surface area contributed by atoms with Gasteiger partial charge in [0.25, 0.3) is 0 Å². The molecule has 8 nitrogen and oxygen atoms in total. The Morgan fingerprint density at radius 3 is 2.31 bits per heavy atom. The maximum absolute atomic E-state index is 13.5. The van der Waals surface area contributed by atoms with E-state index in [2.05, 4.69) is 43.3 Å². The summed E-state index contributed by atoms with van der Waals surface area (Å²) in [6.07, 6.45) is -4.21. The van der Waals surface area contributed by atoms with Crippen LogP contribution in [0, 0.1) is 16.7 Å². The second kappa shape index (κ2) is 10.1. The van der Waals surface area contributed by atoms with Crippen molar-refractivity contribution in [2.75, 3.05) is 0 Å². The lowest BCUT2D eigenvalue weighted by molar-refractivity contribution is -0.202. The van der Waals surface area contributed by atoms with Gasteiger partial charge in [-0.05, 0) is 42.6 Å². The molecular formula is C29H43BrO8Si. The molecule has 39 heavy (non-hydrogen) atoms. The van der Waals surface area contributed by atoms with Crippen molar-refractivity contribution in [1.29, 1.82) is 0 Å². The molecule has 10 heteroatoms. The van der Waals surface area contributed by atoms with E-state index in [4.69, 9.17) is 18.6 Å².